The van der Waals surface area contributed by atoms with Crippen LogP contribution < -0.4 is 5.32 Å². The first-order valence-corrected chi connectivity index (χ1v) is 4.78. The molecular formula is C10H16N2O2. The van der Waals surface area contributed by atoms with Crippen molar-refractivity contribution < 1.29 is 9.90 Å². The number of carboxylic acids is 1. The van der Waals surface area contributed by atoms with Crippen LogP contribution in [0.2, 0.25) is 0 Å². The summed E-state index contributed by atoms with van der Waals surface area (Å²) >= 11 is 0. The third kappa shape index (κ3) is 2.42. The summed E-state index contributed by atoms with van der Waals surface area (Å²) in [4.78, 5) is 14.7. The highest BCUT2D eigenvalue weighted by Gasteiger charge is 2.23. The number of carboxylic acid groups (broad SMARTS) is 1. The van der Waals surface area contributed by atoms with Gasteiger partial charge < -0.3 is 5.11 Å². The molecule has 0 aromatic rings. The Morgan fingerprint density at radius 1 is 1.79 bits per heavy atom. The van der Waals surface area contributed by atoms with Crippen LogP contribution in [0, 0.1) is 0 Å². The second kappa shape index (κ2) is 4.91. The minimum Gasteiger partial charge on any atom is -0.480 e. The van der Waals surface area contributed by atoms with Gasteiger partial charge in [0, 0.05) is 19.8 Å². The van der Waals surface area contributed by atoms with E-state index in [1.54, 1.807) is 7.05 Å². The summed E-state index contributed by atoms with van der Waals surface area (Å²) in [5.74, 6) is -0.775. The van der Waals surface area contributed by atoms with Crippen LogP contribution in [0.25, 0.3) is 0 Å². The van der Waals surface area contributed by atoms with Crippen LogP contribution >= 0.6 is 0 Å². The van der Waals surface area contributed by atoms with Crippen LogP contribution in [0.15, 0.2) is 16.1 Å². The van der Waals surface area contributed by atoms with E-state index in [1.807, 2.05) is 13.1 Å². The summed E-state index contributed by atoms with van der Waals surface area (Å²) < 4.78 is 0. The highest BCUT2D eigenvalue weighted by atomic mass is 16.4. The summed E-state index contributed by atoms with van der Waals surface area (Å²) in [6, 6.07) is -0.432. The van der Waals surface area contributed by atoms with Crippen LogP contribution in [0.1, 0.15) is 19.8 Å². The van der Waals surface area contributed by atoms with E-state index >= 15 is 0 Å². The van der Waals surface area contributed by atoms with Crippen molar-refractivity contribution in [2.75, 3.05) is 13.6 Å². The van der Waals surface area contributed by atoms with Crippen LogP contribution in [0.3, 0.4) is 0 Å². The third-order valence-electron chi connectivity index (χ3n) is 2.45. The van der Waals surface area contributed by atoms with Gasteiger partial charge in [-0.3, -0.25) is 15.1 Å². The molecule has 1 aliphatic heterocycles. The van der Waals surface area contributed by atoms with Crippen molar-refractivity contribution in [3.8, 4) is 0 Å². The van der Waals surface area contributed by atoms with Gasteiger partial charge in [0.25, 0.3) is 0 Å². The van der Waals surface area contributed by atoms with Gasteiger partial charge in [-0.05, 0) is 18.4 Å². The van der Waals surface area contributed by atoms with Gasteiger partial charge in [-0.15, -0.1) is 0 Å². The summed E-state index contributed by atoms with van der Waals surface area (Å²) in [6.45, 7) is 2.65. The van der Waals surface area contributed by atoms with E-state index < -0.39 is 12.0 Å². The Kier molecular flexibility index (Phi) is 3.83. The molecule has 1 aliphatic rings. The Bertz CT molecular complexity index is 282. The lowest BCUT2D eigenvalue weighted by atomic mass is 9.94. The lowest BCUT2D eigenvalue weighted by Gasteiger charge is -2.23. The standard InChI is InChI=1S/C10H16N2O2/c1-3-7-4-9(10(13)14)12-6-8(7)5-11-2/h5,9,12H,3-4,6H2,1-2H3,(H,13,14). The normalized spacial score (nSPS) is 23.1. The molecule has 0 aromatic heterocycles. The predicted molar refractivity (Wildman–Crippen MR) is 55.8 cm³/mol. The molecule has 2 N–H and O–H groups in total. The van der Waals surface area contributed by atoms with E-state index in [9.17, 15) is 4.79 Å². The first-order chi connectivity index (χ1) is 6.69. The van der Waals surface area contributed by atoms with Crippen molar-refractivity contribution in [1.82, 2.24) is 5.32 Å². The summed E-state index contributed by atoms with van der Waals surface area (Å²) in [5.41, 5.74) is 2.33. The second-order valence-corrected chi connectivity index (χ2v) is 3.35. The fourth-order valence-electron chi connectivity index (χ4n) is 1.65. The number of carbonyl (C=O) groups is 1. The van der Waals surface area contributed by atoms with Crippen LogP contribution in [0.5, 0.6) is 0 Å². The Hall–Kier alpha value is -1.16. The maximum absolute atomic E-state index is 10.8. The Balaban J connectivity index is 2.79. The Labute approximate surface area is 83.7 Å². The average Bonchev–Trinajstić information content (AvgIpc) is 2.18. The van der Waals surface area contributed by atoms with Crippen LogP contribution in [-0.4, -0.2) is 36.9 Å². The molecule has 0 bridgehead atoms. The fraction of sp³-hybridized carbons (Fsp3) is 0.600. The van der Waals surface area contributed by atoms with Crippen molar-refractivity contribution in [2.45, 2.75) is 25.8 Å². The van der Waals surface area contributed by atoms with Crippen molar-refractivity contribution in [1.29, 1.82) is 0 Å². The Morgan fingerprint density at radius 2 is 2.50 bits per heavy atom. The molecule has 0 aliphatic carbocycles. The van der Waals surface area contributed by atoms with Crippen LogP contribution in [-0.2, 0) is 4.79 Å². The Morgan fingerprint density at radius 3 is 3.00 bits per heavy atom. The largest absolute Gasteiger partial charge is 0.480 e. The molecule has 14 heavy (non-hydrogen) atoms. The molecule has 4 heteroatoms. The minimum atomic E-state index is -0.775. The lowest BCUT2D eigenvalue weighted by Crippen LogP contribution is -2.41. The maximum Gasteiger partial charge on any atom is 0.321 e. The van der Waals surface area contributed by atoms with Gasteiger partial charge in [-0.2, -0.15) is 0 Å². The molecule has 0 aromatic carbocycles. The van der Waals surface area contributed by atoms with Gasteiger partial charge in [-0.1, -0.05) is 12.5 Å². The number of nitrogens with zero attached hydrogens (tertiary/aromatic N) is 1. The molecule has 1 rings (SSSR count). The molecule has 78 valence electrons. The van der Waals surface area contributed by atoms with E-state index in [4.69, 9.17) is 5.11 Å². The topological polar surface area (TPSA) is 61.7 Å². The second-order valence-electron chi connectivity index (χ2n) is 3.35. The zero-order chi connectivity index (χ0) is 10.6. The molecular weight excluding hydrogens is 180 g/mol. The third-order valence-corrected chi connectivity index (χ3v) is 2.45. The molecule has 0 amide bonds. The number of rotatable bonds is 3. The number of aliphatic carboxylic acids is 1. The zero-order valence-corrected chi connectivity index (χ0v) is 8.58. The average molecular weight is 196 g/mol. The van der Waals surface area contributed by atoms with E-state index in [-0.39, 0.29) is 0 Å². The number of hydrogen-bond acceptors (Lipinski definition) is 3. The molecule has 0 saturated carbocycles. The minimum absolute atomic E-state index is 0.432. The fourth-order valence-corrected chi connectivity index (χ4v) is 1.65. The van der Waals surface area contributed by atoms with E-state index in [1.165, 1.54) is 5.57 Å². The van der Waals surface area contributed by atoms with Crippen molar-refractivity contribution in [3.05, 3.63) is 11.1 Å². The van der Waals surface area contributed by atoms with Gasteiger partial charge in [-0.25, -0.2) is 0 Å². The monoisotopic (exact) mass is 196 g/mol. The summed E-state index contributed by atoms with van der Waals surface area (Å²) in [6.07, 6.45) is 3.30. The van der Waals surface area contributed by atoms with Crippen molar-refractivity contribution in [2.24, 2.45) is 4.99 Å². The molecule has 1 unspecified atom stereocenters. The highest BCUT2D eigenvalue weighted by molar-refractivity contribution is 5.82. The SMILES string of the molecule is CCC1=C(C=NC)CNC(C(=O)O)C1. The van der Waals surface area contributed by atoms with E-state index in [0.29, 0.717) is 13.0 Å². The summed E-state index contributed by atoms with van der Waals surface area (Å²) in [7, 11) is 1.73. The summed E-state index contributed by atoms with van der Waals surface area (Å²) in [5, 5.41) is 11.8. The smallest absolute Gasteiger partial charge is 0.321 e. The molecule has 0 saturated heterocycles. The molecule has 0 spiro atoms. The maximum atomic E-state index is 10.8. The van der Waals surface area contributed by atoms with Crippen molar-refractivity contribution in [3.63, 3.8) is 0 Å². The molecule has 0 fully saturated rings. The van der Waals surface area contributed by atoms with Crippen molar-refractivity contribution >= 4 is 12.2 Å². The quantitative estimate of drug-likeness (QED) is 0.657. The first kappa shape index (κ1) is 10.9. The van der Waals surface area contributed by atoms with Crippen LogP contribution in [0.4, 0.5) is 0 Å². The molecule has 4 nitrogen and oxygen atoms in total. The molecule has 0 radical (unpaired) electrons. The number of hydrogen-bond donors (Lipinski definition) is 2. The van der Waals surface area contributed by atoms with E-state index in [0.717, 1.165) is 12.0 Å². The zero-order valence-electron chi connectivity index (χ0n) is 8.58. The van der Waals surface area contributed by atoms with Gasteiger partial charge in [0.15, 0.2) is 0 Å². The molecule has 1 atom stereocenters. The van der Waals surface area contributed by atoms with E-state index in [2.05, 4.69) is 10.3 Å². The first-order valence-electron chi connectivity index (χ1n) is 4.78. The number of nitrogens with one attached hydrogen (secondary N) is 1. The predicted octanol–water partition coefficient (Wildman–Crippen LogP) is 0.840. The van der Waals surface area contributed by atoms with Gasteiger partial charge in [0.2, 0.25) is 0 Å². The molecule has 1 heterocycles. The number of aliphatic imine (C=N–C) groups is 1. The highest BCUT2D eigenvalue weighted by Crippen LogP contribution is 2.18. The van der Waals surface area contributed by atoms with Gasteiger partial charge >= 0.3 is 5.97 Å². The van der Waals surface area contributed by atoms with Gasteiger partial charge in [0.05, 0.1) is 0 Å². The van der Waals surface area contributed by atoms with Gasteiger partial charge in [0.1, 0.15) is 6.04 Å². The lowest BCUT2D eigenvalue weighted by molar-refractivity contribution is -0.139.